The Hall–Kier alpha value is -1.63. The molecule has 0 heterocycles. The molecular weight excluding hydrogens is 328 g/mol. The van der Waals surface area contributed by atoms with E-state index < -0.39 is 31.5 Å². The summed E-state index contributed by atoms with van der Waals surface area (Å²) in [6, 6.07) is 1.70. The third-order valence-electron chi connectivity index (χ3n) is 3.09. The van der Waals surface area contributed by atoms with Crippen LogP contribution in [0.25, 0.3) is 0 Å². The molecule has 132 valence electrons. The molecule has 0 aromatic heterocycles. The Kier molecular flexibility index (Phi) is 6.56. The van der Waals surface area contributed by atoms with Crippen molar-refractivity contribution in [3.05, 3.63) is 22.5 Å². The van der Waals surface area contributed by atoms with Gasteiger partial charge in [0.05, 0.1) is 10.6 Å². The van der Waals surface area contributed by atoms with Gasteiger partial charge in [-0.15, -0.1) is 5.23 Å². The van der Waals surface area contributed by atoms with Crippen molar-refractivity contribution in [2.75, 3.05) is 28.4 Å². The summed E-state index contributed by atoms with van der Waals surface area (Å²) < 4.78 is 22.9. The van der Waals surface area contributed by atoms with Gasteiger partial charge in [0.15, 0.2) is 0 Å². The molecule has 0 aliphatic carbocycles. The van der Waals surface area contributed by atoms with Crippen LogP contribution in [0.5, 0.6) is 0 Å². The Morgan fingerprint density at radius 2 is 1.57 bits per heavy atom. The zero-order valence-electron chi connectivity index (χ0n) is 12.8. The van der Waals surface area contributed by atoms with Crippen LogP contribution in [0.2, 0.25) is 0 Å². The summed E-state index contributed by atoms with van der Waals surface area (Å²) in [5.41, 5.74) is -1.07. The van der Waals surface area contributed by atoms with E-state index in [2.05, 4.69) is 0 Å². The fourth-order valence-electron chi connectivity index (χ4n) is 2.23. The molecule has 0 atom stereocenters. The Bertz CT molecular complexity index is 599. The molecule has 0 radical (unpaired) electrons. The van der Waals surface area contributed by atoms with Crippen LogP contribution in [0.4, 0.5) is 17.1 Å². The van der Waals surface area contributed by atoms with E-state index in [4.69, 9.17) is 5.14 Å². The van der Waals surface area contributed by atoms with Crippen LogP contribution in [0.1, 0.15) is 26.7 Å². The first-order valence-corrected chi connectivity index (χ1v) is 8.46. The Morgan fingerprint density at radius 3 is 1.91 bits per heavy atom. The molecule has 0 amide bonds. The van der Waals surface area contributed by atoms with Crippen LogP contribution in [-0.2, 0) is 10.0 Å². The molecule has 11 heteroatoms. The van der Waals surface area contributed by atoms with E-state index in [0.717, 1.165) is 12.1 Å². The monoisotopic (exact) mass is 348 g/mol. The van der Waals surface area contributed by atoms with Crippen molar-refractivity contribution < 1.29 is 18.8 Å². The van der Waals surface area contributed by atoms with Crippen molar-refractivity contribution in [1.29, 1.82) is 0 Å². The molecule has 4 N–H and O–H groups in total. The van der Waals surface area contributed by atoms with Gasteiger partial charge in [0.2, 0.25) is 10.0 Å². The SMILES string of the molecule is CCCN(CCC)c1c(N([O-])[O-])cc(S(N)(=O)=O)cc1N(O)O. The standard InChI is InChI=1S/C12H20N4O6S/c1-3-5-14(6-4-2)12-10(15(17)18)7-9(23(13,21)22)8-11(12)16(19)20/h7-8,17-18H,3-6H2,1-2H3,(H2,13,21,22)/q-2. The Balaban J connectivity index is 3.70. The minimum absolute atomic E-state index is 0.0731. The van der Waals surface area contributed by atoms with E-state index in [1.165, 1.54) is 0 Å². The Labute approximate surface area is 134 Å². The zero-order chi connectivity index (χ0) is 17.8. The summed E-state index contributed by atoms with van der Waals surface area (Å²) in [7, 11) is -4.25. The summed E-state index contributed by atoms with van der Waals surface area (Å²) in [4.78, 5) is 1.02. The second-order valence-corrected chi connectivity index (χ2v) is 6.45. The van der Waals surface area contributed by atoms with Crippen LogP contribution in [0.3, 0.4) is 0 Å². The average Bonchev–Trinajstić information content (AvgIpc) is 2.44. The summed E-state index contributed by atoms with van der Waals surface area (Å²) >= 11 is 0. The lowest BCUT2D eigenvalue weighted by Crippen LogP contribution is -2.29. The van der Waals surface area contributed by atoms with Crippen LogP contribution in [0, 0.1) is 10.4 Å². The van der Waals surface area contributed by atoms with Gasteiger partial charge in [0.1, 0.15) is 5.69 Å². The van der Waals surface area contributed by atoms with Crippen molar-refractivity contribution in [2.24, 2.45) is 5.14 Å². The second kappa shape index (κ2) is 7.77. The maximum atomic E-state index is 11.5. The lowest BCUT2D eigenvalue weighted by atomic mass is 10.2. The topological polar surface area (TPSA) is 156 Å². The van der Waals surface area contributed by atoms with Gasteiger partial charge >= 0.3 is 0 Å². The number of nitrogens with zero attached hydrogens (tertiary/aromatic N) is 3. The number of nitrogens with two attached hydrogens (primary N) is 1. The van der Waals surface area contributed by atoms with E-state index in [0.29, 0.717) is 25.9 Å². The van der Waals surface area contributed by atoms with E-state index in [9.17, 15) is 29.2 Å². The molecule has 10 nitrogen and oxygen atoms in total. The van der Waals surface area contributed by atoms with Crippen LogP contribution < -0.4 is 20.5 Å². The largest absolute Gasteiger partial charge is 0.769 e. The first kappa shape index (κ1) is 19.4. The van der Waals surface area contributed by atoms with Crippen LogP contribution in [-0.4, -0.2) is 31.9 Å². The number of anilines is 3. The molecule has 0 aliphatic heterocycles. The van der Waals surface area contributed by atoms with E-state index in [1.807, 2.05) is 13.8 Å². The van der Waals surface area contributed by atoms with Gasteiger partial charge < -0.3 is 20.5 Å². The van der Waals surface area contributed by atoms with Crippen molar-refractivity contribution in [1.82, 2.24) is 0 Å². The first-order chi connectivity index (χ1) is 10.6. The van der Waals surface area contributed by atoms with E-state index in [-0.39, 0.29) is 10.9 Å². The van der Waals surface area contributed by atoms with Gasteiger partial charge in [0, 0.05) is 18.8 Å². The molecule has 0 spiro atoms. The molecule has 23 heavy (non-hydrogen) atoms. The van der Waals surface area contributed by atoms with Crippen molar-refractivity contribution in [3.63, 3.8) is 0 Å². The van der Waals surface area contributed by atoms with Crippen LogP contribution in [0.15, 0.2) is 17.0 Å². The molecule has 1 rings (SSSR count). The number of rotatable bonds is 8. The third kappa shape index (κ3) is 4.67. The highest BCUT2D eigenvalue weighted by molar-refractivity contribution is 7.89. The fourth-order valence-corrected chi connectivity index (χ4v) is 2.79. The first-order valence-electron chi connectivity index (χ1n) is 6.91. The number of sulfonamides is 1. The minimum Gasteiger partial charge on any atom is -0.769 e. The molecule has 0 saturated heterocycles. The smallest absolute Gasteiger partial charge is 0.238 e. The van der Waals surface area contributed by atoms with Crippen LogP contribution >= 0.6 is 0 Å². The number of benzene rings is 1. The van der Waals surface area contributed by atoms with Gasteiger partial charge in [-0.1, -0.05) is 13.8 Å². The highest BCUT2D eigenvalue weighted by atomic mass is 32.2. The van der Waals surface area contributed by atoms with Gasteiger partial charge in [-0.05, 0) is 25.0 Å². The lowest BCUT2D eigenvalue weighted by Gasteiger charge is -2.42. The summed E-state index contributed by atoms with van der Waals surface area (Å²) in [5.74, 6) is 0. The average molecular weight is 348 g/mol. The normalized spacial score (nSPS) is 11.4. The van der Waals surface area contributed by atoms with Crippen molar-refractivity contribution in [2.45, 2.75) is 31.6 Å². The maximum Gasteiger partial charge on any atom is 0.238 e. The molecular formula is C12H20N4O6S-2. The van der Waals surface area contributed by atoms with Crippen molar-refractivity contribution >= 4 is 27.1 Å². The predicted molar refractivity (Wildman–Crippen MR) is 85.9 cm³/mol. The van der Waals surface area contributed by atoms with Gasteiger partial charge in [-0.3, -0.25) is 10.4 Å². The molecule has 0 fully saturated rings. The maximum absolute atomic E-state index is 11.5. The lowest BCUT2D eigenvalue weighted by molar-refractivity contribution is 0.0293. The zero-order valence-corrected chi connectivity index (χ0v) is 13.7. The van der Waals surface area contributed by atoms with E-state index >= 15 is 0 Å². The quantitative estimate of drug-likeness (QED) is 0.590. The highest BCUT2D eigenvalue weighted by Gasteiger charge is 2.22. The number of hydrogen-bond donors (Lipinski definition) is 3. The van der Waals surface area contributed by atoms with E-state index in [1.54, 1.807) is 4.90 Å². The summed E-state index contributed by atoms with van der Waals surface area (Å²) in [6.45, 7) is 4.57. The third-order valence-corrected chi connectivity index (χ3v) is 3.98. The van der Waals surface area contributed by atoms with Gasteiger partial charge in [-0.25, -0.2) is 13.6 Å². The van der Waals surface area contributed by atoms with Crippen molar-refractivity contribution in [3.8, 4) is 0 Å². The van der Waals surface area contributed by atoms with Gasteiger partial charge in [-0.2, -0.15) is 0 Å². The molecule has 0 saturated carbocycles. The Morgan fingerprint density at radius 1 is 1.09 bits per heavy atom. The highest BCUT2D eigenvalue weighted by Crippen LogP contribution is 2.40. The number of primary sulfonamides is 1. The molecule has 0 aliphatic rings. The molecule has 1 aromatic carbocycles. The molecule has 0 bridgehead atoms. The fraction of sp³-hybridized carbons (Fsp3) is 0.500. The molecule has 1 aromatic rings. The minimum atomic E-state index is -4.25. The summed E-state index contributed by atoms with van der Waals surface area (Å²) in [6.07, 6.45) is 1.31. The predicted octanol–water partition coefficient (Wildman–Crippen LogP) is 1.35. The number of hydrogen-bond acceptors (Lipinski definition) is 9. The molecule has 0 unspecified atom stereocenters. The summed E-state index contributed by atoms with van der Waals surface area (Å²) in [5, 5.41) is 45.4. The second-order valence-electron chi connectivity index (χ2n) is 4.89. The van der Waals surface area contributed by atoms with Gasteiger partial charge in [0.25, 0.3) is 0 Å².